The highest BCUT2D eigenvalue weighted by Crippen LogP contribution is 2.26. The SMILES string of the molecule is CCc1ccc(N2C[C@H](C(=O)O[C@@H](C)C(=O)NCc3ccc(F)cc3)CC2=O)cc1. The average molecular weight is 412 g/mol. The Morgan fingerprint density at radius 1 is 1.13 bits per heavy atom. The molecule has 0 aromatic heterocycles. The third kappa shape index (κ3) is 5.23. The Morgan fingerprint density at radius 2 is 1.77 bits per heavy atom. The Kier molecular flexibility index (Phi) is 6.82. The lowest BCUT2D eigenvalue weighted by atomic mass is 10.1. The molecule has 0 bridgehead atoms. The first-order chi connectivity index (χ1) is 14.4. The Bertz CT molecular complexity index is 912. The largest absolute Gasteiger partial charge is 0.452 e. The van der Waals surface area contributed by atoms with Crippen molar-refractivity contribution >= 4 is 23.5 Å². The van der Waals surface area contributed by atoms with Gasteiger partial charge in [0.15, 0.2) is 6.10 Å². The van der Waals surface area contributed by atoms with Crippen molar-refractivity contribution in [2.45, 2.75) is 39.3 Å². The molecule has 1 N–H and O–H groups in total. The Balaban J connectivity index is 1.51. The summed E-state index contributed by atoms with van der Waals surface area (Å²) in [6.07, 6.45) is -0.0336. The van der Waals surface area contributed by atoms with Gasteiger partial charge in [0.2, 0.25) is 5.91 Å². The number of anilines is 1. The van der Waals surface area contributed by atoms with Crippen LogP contribution in [0.15, 0.2) is 48.5 Å². The summed E-state index contributed by atoms with van der Waals surface area (Å²) >= 11 is 0. The monoisotopic (exact) mass is 412 g/mol. The Labute approximate surface area is 175 Å². The van der Waals surface area contributed by atoms with Gasteiger partial charge in [-0.25, -0.2) is 4.39 Å². The number of ether oxygens (including phenoxy) is 1. The molecule has 2 aromatic rings. The summed E-state index contributed by atoms with van der Waals surface area (Å²) in [4.78, 5) is 38.6. The summed E-state index contributed by atoms with van der Waals surface area (Å²) in [6, 6.07) is 13.4. The average Bonchev–Trinajstić information content (AvgIpc) is 3.15. The zero-order valence-electron chi connectivity index (χ0n) is 17.1. The van der Waals surface area contributed by atoms with E-state index in [1.54, 1.807) is 17.0 Å². The van der Waals surface area contributed by atoms with E-state index in [0.29, 0.717) is 0 Å². The van der Waals surface area contributed by atoms with Crippen LogP contribution in [0, 0.1) is 11.7 Å². The van der Waals surface area contributed by atoms with E-state index < -0.39 is 23.9 Å². The molecular weight excluding hydrogens is 387 g/mol. The molecule has 2 aromatic carbocycles. The van der Waals surface area contributed by atoms with Gasteiger partial charge in [0.1, 0.15) is 5.82 Å². The number of esters is 1. The molecule has 2 atom stereocenters. The first kappa shape index (κ1) is 21.5. The van der Waals surface area contributed by atoms with Gasteiger partial charge in [0.25, 0.3) is 5.91 Å². The van der Waals surface area contributed by atoms with Crippen LogP contribution in [0.25, 0.3) is 0 Å². The second-order valence-corrected chi connectivity index (χ2v) is 7.35. The summed E-state index contributed by atoms with van der Waals surface area (Å²) in [5.74, 6) is -2.14. The molecule has 3 rings (SSSR count). The highest BCUT2D eigenvalue weighted by atomic mass is 19.1. The van der Waals surface area contributed by atoms with Crippen LogP contribution in [-0.4, -0.2) is 30.4 Å². The van der Waals surface area contributed by atoms with Gasteiger partial charge in [0.05, 0.1) is 5.92 Å². The number of hydrogen-bond acceptors (Lipinski definition) is 4. The zero-order valence-corrected chi connectivity index (χ0v) is 17.1. The van der Waals surface area contributed by atoms with Crippen LogP contribution < -0.4 is 10.2 Å². The first-order valence-electron chi connectivity index (χ1n) is 9.99. The van der Waals surface area contributed by atoms with Crippen molar-refractivity contribution in [1.29, 1.82) is 0 Å². The van der Waals surface area contributed by atoms with Gasteiger partial charge in [-0.1, -0.05) is 31.2 Å². The van der Waals surface area contributed by atoms with Crippen LogP contribution in [-0.2, 0) is 32.1 Å². The van der Waals surface area contributed by atoms with E-state index in [1.807, 2.05) is 24.3 Å². The molecule has 0 saturated carbocycles. The number of nitrogens with one attached hydrogen (secondary N) is 1. The smallest absolute Gasteiger partial charge is 0.312 e. The summed E-state index contributed by atoms with van der Waals surface area (Å²) in [7, 11) is 0. The van der Waals surface area contributed by atoms with E-state index in [9.17, 15) is 18.8 Å². The van der Waals surface area contributed by atoms with Crippen LogP contribution in [0.2, 0.25) is 0 Å². The minimum absolute atomic E-state index is 0.0539. The molecule has 0 aliphatic carbocycles. The Morgan fingerprint density at radius 3 is 2.40 bits per heavy atom. The van der Waals surface area contributed by atoms with Gasteiger partial charge in [-0.05, 0) is 48.7 Å². The number of nitrogens with zero attached hydrogens (tertiary/aromatic N) is 1. The van der Waals surface area contributed by atoms with Crippen molar-refractivity contribution in [2.24, 2.45) is 5.92 Å². The van der Waals surface area contributed by atoms with Crippen LogP contribution in [0.1, 0.15) is 31.4 Å². The number of benzene rings is 2. The number of halogens is 1. The summed E-state index contributed by atoms with van der Waals surface area (Å²) in [6.45, 7) is 3.96. The van der Waals surface area contributed by atoms with Gasteiger partial charge in [-0.15, -0.1) is 0 Å². The van der Waals surface area contributed by atoms with E-state index in [1.165, 1.54) is 24.6 Å². The van der Waals surface area contributed by atoms with Gasteiger partial charge in [-0.3, -0.25) is 14.4 Å². The van der Waals surface area contributed by atoms with Crippen molar-refractivity contribution in [2.75, 3.05) is 11.4 Å². The predicted octanol–water partition coefficient (Wildman–Crippen LogP) is 2.99. The maximum absolute atomic E-state index is 12.9. The lowest BCUT2D eigenvalue weighted by Gasteiger charge is -2.18. The van der Waals surface area contributed by atoms with Gasteiger partial charge < -0.3 is 15.0 Å². The van der Waals surface area contributed by atoms with Crippen LogP contribution >= 0.6 is 0 Å². The standard InChI is InChI=1S/C23H25FN2O4/c1-3-16-6-10-20(11-7-16)26-14-18(12-21(26)27)23(29)30-15(2)22(28)25-13-17-4-8-19(24)9-5-17/h4-11,15,18H,3,12-14H2,1-2H3,(H,25,28)/t15-,18+/m0/s1. The normalized spacial score (nSPS) is 17.0. The molecule has 0 spiro atoms. The number of amides is 2. The van der Waals surface area contributed by atoms with E-state index in [-0.39, 0.29) is 31.2 Å². The first-order valence-corrected chi connectivity index (χ1v) is 9.99. The molecule has 1 aliphatic rings. The number of carbonyl (C=O) groups excluding carboxylic acids is 3. The minimum Gasteiger partial charge on any atom is -0.452 e. The van der Waals surface area contributed by atoms with Gasteiger partial charge in [-0.2, -0.15) is 0 Å². The van der Waals surface area contributed by atoms with Crippen molar-refractivity contribution in [3.8, 4) is 0 Å². The van der Waals surface area contributed by atoms with E-state index in [2.05, 4.69) is 12.2 Å². The minimum atomic E-state index is -0.995. The predicted molar refractivity (Wildman–Crippen MR) is 110 cm³/mol. The van der Waals surface area contributed by atoms with E-state index in [4.69, 9.17) is 4.74 Å². The lowest BCUT2D eigenvalue weighted by Crippen LogP contribution is -2.37. The zero-order chi connectivity index (χ0) is 21.7. The highest BCUT2D eigenvalue weighted by Gasteiger charge is 2.37. The topological polar surface area (TPSA) is 75.7 Å². The molecule has 158 valence electrons. The van der Waals surface area contributed by atoms with Crippen molar-refractivity contribution in [3.05, 3.63) is 65.5 Å². The third-order valence-electron chi connectivity index (χ3n) is 5.16. The number of carbonyl (C=O) groups is 3. The molecule has 1 fully saturated rings. The highest BCUT2D eigenvalue weighted by molar-refractivity contribution is 5.99. The van der Waals surface area contributed by atoms with Crippen molar-refractivity contribution in [3.63, 3.8) is 0 Å². The maximum atomic E-state index is 12.9. The Hall–Kier alpha value is -3.22. The van der Waals surface area contributed by atoms with E-state index >= 15 is 0 Å². The number of aryl methyl sites for hydroxylation is 1. The number of hydrogen-bond donors (Lipinski definition) is 1. The van der Waals surface area contributed by atoms with Crippen LogP contribution in [0.4, 0.5) is 10.1 Å². The molecule has 0 unspecified atom stereocenters. The number of rotatable bonds is 7. The molecule has 0 radical (unpaired) electrons. The van der Waals surface area contributed by atoms with Gasteiger partial charge in [0, 0.05) is 25.2 Å². The van der Waals surface area contributed by atoms with Crippen molar-refractivity contribution in [1.82, 2.24) is 5.32 Å². The summed E-state index contributed by atoms with van der Waals surface area (Å²) in [5, 5.41) is 2.65. The quantitative estimate of drug-likeness (QED) is 0.710. The summed E-state index contributed by atoms with van der Waals surface area (Å²) in [5.41, 5.74) is 2.65. The molecule has 1 aliphatic heterocycles. The molecule has 2 amide bonds. The van der Waals surface area contributed by atoms with Gasteiger partial charge >= 0.3 is 5.97 Å². The molecule has 7 heteroatoms. The van der Waals surface area contributed by atoms with E-state index in [0.717, 1.165) is 17.7 Å². The fourth-order valence-electron chi connectivity index (χ4n) is 3.29. The van der Waals surface area contributed by atoms with Crippen LogP contribution in [0.3, 0.4) is 0 Å². The molecule has 30 heavy (non-hydrogen) atoms. The fourth-order valence-corrected chi connectivity index (χ4v) is 3.29. The van der Waals surface area contributed by atoms with Crippen molar-refractivity contribution < 1.29 is 23.5 Å². The maximum Gasteiger partial charge on any atom is 0.312 e. The lowest BCUT2D eigenvalue weighted by molar-refractivity contribution is -0.158. The third-order valence-corrected chi connectivity index (χ3v) is 5.16. The molecule has 1 saturated heterocycles. The molecular formula is C23H25FN2O4. The second-order valence-electron chi connectivity index (χ2n) is 7.35. The molecule has 6 nitrogen and oxygen atoms in total. The molecule has 1 heterocycles. The summed E-state index contributed by atoms with van der Waals surface area (Å²) < 4.78 is 18.2. The fraction of sp³-hybridized carbons (Fsp3) is 0.348. The second kappa shape index (κ2) is 9.52. The van der Waals surface area contributed by atoms with Crippen LogP contribution in [0.5, 0.6) is 0 Å².